The minimum atomic E-state index is 0.0328. The summed E-state index contributed by atoms with van der Waals surface area (Å²) in [5.74, 6) is 3.19. The summed E-state index contributed by atoms with van der Waals surface area (Å²) in [6, 6.07) is 2.02. The molecule has 3 unspecified atom stereocenters. The lowest BCUT2D eigenvalue weighted by molar-refractivity contribution is 0.411. The number of pyridine rings is 1. The Bertz CT molecular complexity index is 375. The molecule has 1 aliphatic rings. The highest BCUT2D eigenvalue weighted by atomic mass is 32.2. The summed E-state index contributed by atoms with van der Waals surface area (Å²) in [4.78, 5) is 4.18. The summed E-state index contributed by atoms with van der Waals surface area (Å²) in [6.07, 6.45) is 3.56. The van der Waals surface area contributed by atoms with Crippen LogP contribution in [0.5, 0.6) is 5.75 Å². The molecule has 0 amide bonds. The van der Waals surface area contributed by atoms with Crippen LogP contribution in [-0.4, -0.2) is 34.1 Å². The molecule has 1 aromatic heterocycles. The standard InChI is InChI=1S/C12H18N2OS2/c1-8-12(17-4-3-16-8)11(13)9-5-10(15-2)7-14-6-9/h5-8,11-12H,3-4,13H2,1-2H3. The van der Waals surface area contributed by atoms with Crippen molar-refractivity contribution in [2.24, 2.45) is 5.73 Å². The van der Waals surface area contributed by atoms with Gasteiger partial charge in [-0.25, -0.2) is 0 Å². The second kappa shape index (κ2) is 5.98. The second-order valence-electron chi connectivity index (χ2n) is 4.10. The maximum absolute atomic E-state index is 6.35. The molecule has 1 saturated heterocycles. The third kappa shape index (κ3) is 3.09. The fourth-order valence-electron chi connectivity index (χ4n) is 1.96. The summed E-state index contributed by atoms with van der Waals surface area (Å²) < 4.78 is 5.19. The third-order valence-corrected chi connectivity index (χ3v) is 6.16. The van der Waals surface area contributed by atoms with Crippen molar-refractivity contribution in [1.82, 2.24) is 4.98 Å². The Morgan fingerprint density at radius 3 is 2.88 bits per heavy atom. The molecule has 0 spiro atoms. The summed E-state index contributed by atoms with van der Waals surface area (Å²) in [5, 5.41) is 1.05. The molecule has 1 fully saturated rings. The summed E-state index contributed by atoms with van der Waals surface area (Å²) >= 11 is 3.98. The van der Waals surface area contributed by atoms with E-state index in [1.165, 1.54) is 11.5 Å². The topological polar surface area (TPSA) is 48.1 Å². The smallest absolute Gasteiger partial charge is 0.137 e. The number of thioether (sulfide) groups is 2. The van der Waals surface area contributed by atoms with Crippen LogP contribution in [0.1, 0.15) is 18.5 Å². The number of hydrogen-bond acceptors (Lipinski definition) is 5. The monoisotopic (exact) mass is 270 g/mol. The lowest BCUT2D eigenvalue weighted by atomic mass is 10.0. The van der Waals surface area contributed by atoms with Crippen molar-refractivity contribution in [2.75, 3.05) is 18.6 Å². The van der Waals surface area contributed by atoms with E-state index < -0.39 is 0 Å². The van der Waals surface area contributed by atoms with Gasteiger partial charge in [-0.15, -0.1) is 0 Å². The molecule has 17 heavy (non-hydrogen) atoms. The predicted molar refractivity (Wildman–Crippen MR) is 75.9 cm³/mol. The first-order valence-electron chi connectivity index (χ1n) is 5.70. The molecule has 2 heterocycles. The first kappa shape index (κ1) is 13.1. The van der Waals surface area contributed by atoms with Gasteiger partial charge in [-0.1, -0.05) is 6.92 Å². The molecule has 0 aliphatic carbocycles. The second-order valence-corrected chi connectivity index (χ2v) is 6.87. The summed E-state index contributed by atoms with van der Waals surface area (Å²) in [5.41, 5.74) is 7.42. The number of aromatic nitrogens is 1. The van der Waals surface area contributed by atoms with Crippen molar-refractivity contribution >= 4 is 23.5 Å². The molecule has 1 aliphatic heterocycles. The minimum Gasteiger partial charge on any atom is -0.495 e. The molecule has 0 bridgehead atoms. The molecule has 94 valence electrons. The van der Waals surface area contributed by atoms with Crippen LogP contribution in [0.3, 0.4) is 0 Å². The van der Waals surface area contributed by atoms with E-state index in [2.05, 4.69) is 11.9 Å². The predicted octanol–water partition coefficient (Wildman–Crippen LogP) is 2.33. The Hall–Kier alpha value is -0.390. The first-order chi connectivity index (χ1) is 8.22. The number of hydrogen-bond donors (Lipinski definition) is 1. The highest BCUT2D eigenvalue weighted by molar-refractivity contribution is 8.07. The highest BCUT2D eigenvalue weighted by Gasteiger charge is 2.29. The van der Waals surface area contributed by atoms with Crippen LogP contribution >= 0.6 is 23.5 Å². The first-order valence-corrected chi connectivity index (χ1v) is 7.80. The Labute approximate surface area is 111 Å². The molecule has 1 aromatic rings. The number of nitrogens with zero attached hydrogens (tertiary/aromatic N) is 1. The van der Waals surface area contributed by atoms with Gasteiger partial charge in [-0.05, 0) is 11.6 Å². The SMILES string of the molecule is COc1cncc(C(N)C2SCCSC2C)c1. The zero-order valence-corrected chi connectivity index (χ0v) is 11.8. The maximum atomic E-state index is 6.35. The van der Waals surface area contributed by atoms with Crippen molar-refractivity contribution in [2.45, 2.75) is 23.5 Å². The molecular formula is C12H18N2OS2. The van der Waals surface area contributed by atoms with Crippen LogP contribution in [0.2, 0.25) is 0 Å². The largest absolute Gasteiger partial charge is 0.495 e. The summed E-state index contributed by atoms with van der Waals surface area (Å²) in [6.45, 7) is 2.26. The highest BCUT2D eigenvalue weighted by Crippen LogP contribution is 2.37. The van der Waals surface area contributed by atoms with Crippen molar-refractivity contribution in [3.63, 3.8) is 0 Å². The van der Waals surface area contributed by atoms with Gasteiger partial charge in [0.15, 0.2) is 0 Å². The Morgan fingerprint density at radius 2 is 2.18 bits per heavy atom. The van der Waals surface area contributed by atoms with E-state index in [1.54, 1.807) is 13.3 Å². The quantitative estimate of drug-likeness (QED) is 0.913. The normalized spacial score (nSPS) is 26.5. The zero-order chi connectivity index (χ0) is 12.3. The van der Waals surface area contributed by atoms with Gasteiger partial charge in [-0.2, -0.15) is 23.5 Å². The lowest BCUT2D eigenvalue weighted by Gasteiger charge is -2.32. The fraction of sp³-hybridized carbons (Fsp3) is 0.583. The van der Waals surface area contributed by atoms with E-state index in [4.69, 9.17) is 10.5 Å². The van der Waals surface area contributed by atoms with E-state index >= 15 is 0 Å². The van der Waals surface area contributed by atoms with Crippen molar-refractivity contribution in [3.8, 4) is 5.75 Å². The van der Waals surface area contributed by atoms with Crippen LogP contribution in [-0.2, 0) is 0 Å². The average molecular weight is 270 g/mol. The molecule has 2 N–H and O–H groups in total. The summed E-state index contributed by atoms with van der Waals surface area (Å²) in [7, 11) is 1.65. The molecule has 0 radical (unpaired) electrons. The van der Waals surface area contributed by atoms with Crippen LogP contribution in [0.15, 0.2) is 18.5 Å². The van der Waals surface area contributed by atoms with E-state index in [0.717, 1.165) is 11.3 Å². The number of nitrogens with two attached hydrogens (primary N) is 1. The van der Waals surface area contributed by atoms with E-state index in [1.807, 2.05) is 35.8 Å². The van der Waals surface area contributed by atoms with Gasteiger partial charge < -0.3 is 10.5 Å². The molecule has 0 saturated carbocycles. The Kier molecular flexibility index (Phi) is 4.59. The van der Waals surface area contributed by atoms with Gasteiger partial charge in [-0.3, -0.25) is 4.98 Å². The maximum Gasteiger partial charge on any atom is 0.137 e. The number of ether oxygens (including phenoxy) is 1. The van der Waals surface area contributed by atoms with Gasteiger partial charge in [0.25, 0.3) is 0 Å². The van der Waals surface area contributed by atoms with Gasteiger partial charge in [0.1, 0.15) is 5.75 Å². The van der Waals surface area contributed by atoms with Crippen LogP contribution in [0.4, 0.5) is 0 Å². The molecule has 3 atom stereocenters. The van der Waals surface area contributed by atoms with E-state index in [0.29, 0.717) is 10.5 Å². The number of methoxy groups -OCH3 is 1. The van der Waals surface area contributed by atoms with Gasteiger partial charge in [0.2, 0.25) is 0 Å². The van der Waals surface area contributed by atoms with Crippen molar-refractivity contribution < 1.29 is 4.74 Å². The van der Waals surface area contributed by atoms with Crippen LogP contribution in [0.25, 0.3) is 0 Å². The third-order valence-electron chi connectivity index (χ3n) is 2.95. The van der Waals surface area contributed by atoms with Gasteiger partial charge in [0, 0.05) is 34.2 Å². The van der Waals surface area contributed by atoms with Crippen molar-refractivity contribution in [1.29, 1.82) is 0 Å². The van der Waals surface area contributed by atoms with Crippen LogP contribution < -0.4 is 10.5 Å². The molecule has 0 aromatic carbocycles. The number of rotatable bonds is 3. The molecule has 5 heteroatoms. The van der Waals surface area contributed by atoms with E-state index in [9.17, 15) is 0 Å². The van der Waals surface area contributed by atoms with Gasteiger partial charge >= 0.3 is 0 Å². The Balaban J connectivity index is 2.14. The molecular weight excluding hydrogens is 252 g/mol. The molecule has 2 rings (SSSR count). The van der Waals surface area contributed by atoms with Crippen molar-refractivity contribution in [3.05, 3.63) is 24.0 Å². The van der Waals surface area contributed by atoms with Crippen LogP contribution in [0, 0.1) is 0 Å². The minimum absolute atomic E-state index is 0.0328. The average Bonchev–Trinajstić information content (AvgIpc) is 2.38. The van der Waals surface area contributed by atoms with Gasteiger partial charge in [0.05, 0.1) is 13.3 Å². The van der Waals surface area contributed by atoms with E-state index in [-0.39, 0.29) is 6.04 Å². The lowest BCUT2D eigenvalue weighted by Crippen LogP contribution is -2.34. The fourth-order valence-corrected chi connectivity index (χ4v) is 4.84. The Morgan fingerprint density at radius 1 is 1.41 bits per heavy atom. The molecule has 3 nitrogen and oxygen atoms in total. The zero-order valence-electron chi connectivity index (χ0n) is 10.1.